The van der Waals surface area contributed by atoms with Gasteiger partial charge in [-0.2, -0.15) is 0 Å². The van der Waals surface area contributed by atoms with E-state index in [9.17, 15) is 5.11 Å². The number of fused-ring (bicyclic) bond motifs is 1. The van der Waals surface area contributed by atoms with Crippen LogP contribution in [0.1, 0.15) is 30.0 Å². The first kappa shape index (κ1) is 16.2. The Hall–Kier alpha value is -2.17. The van der Waals surface area contributed by atoms with Crippen molar-refractivity contribution in [2.24, 2.45) is 0 Å². The Bertz CT molecular complexity index is 631. The highest BCUT2D eigenvalue weighted by Crippen LogP contribution is 2.38. The van der Waals surface area contributed by atoms with E-state index in [0.717, 1.165) is 11.1 Å². The van der Waals surface area contributed by atoms with Crippen LogP contribution < -0.4 is 4.98 Å². The molecule has 22 heavy (non-hydrogen) atoms. The Balaban J connectivity index is 2.09. The van der Waals surface area contributed by atoms with Gasteiger partial charge in [0.2, 0.25) is 5.69 Å². The van der Waals surface area contributed by atoms with Crippen molar-refractivity contribution in [3.8, 4) is 5.75 Å². The normalized spacial score (nSPS) is 19.2. The molecule has 4 nitrogen and oxygen atoms in total. The molecule has 0 spiro atoms. The van der Waals surface area contributed by atoms with E-state index in [4.69, 9.17) is 9.47 Å². The summed E-state index contributed by atoms with van der Waals surface area (Å²) in [6, 6.07) is 0. The van der Waals surface area contributed by atoms with E-state index in [2.05, 4.69) is 18.1 Å². The second-order valence-electron chi connectivity index (χ2n) is 5.15. The lowest BCUT2D eigenvalue weighted by Crippen LogP contribution is -2.13. The summed E-state index contributed by atoms with van der Waals surface area (Å²) in [4.78, 5) is 3.01. The number of aryl methyl sites for hydroxylation is 1. The maximum absolute atomic E-state index is 10.2. The van der Waals surface area contributed by atoms with Gasteiger partial charge in [-0.1, -0.05) is 43.5 Å². The lowest BCUT2D eigenvalue weighted by molar-refractivity contribution is -0.389. The number of aromatic amines is 1. The molecular formula is C18H22NO3+. The second kappa shape index (κ2) is 7.20. The summed E-state index contributed by atoms with van der Waals surface area (Å²) < 4.78 is 11.5. The van der Waals surface area contributed by atoms with Gasteiger partial charge in [0.1, 0.15) is 0 Å². The largest absolute Gasteiger partial charge is 0.502 e. The first-order chi connectivity index (χ1) is 10.6. The molecule has 0 aromatic carbocycles. The zero-order chi connectivity index (χ0) is 16.1. The summed E-state index contributed by atoms with van der Waals surface area (Å²) in [6.07, 6.45) is 10.3. The zero-order valence-corrected chi connectivity index (χ0v) is 13.0. The van der Waals surface area contributed by atoms with Crippen molar-refractivity contribution < 1.29 is 19.6 Å². The fraction of sp³-hybridized carbons (Fsp3) is 0.278. The fourth-order valence-electron chi connectivity index (χ4n) is 2.25. The van der Waals surface area contributed by atoms with E-state index in [0.29, 0.717) is 17.9 Å². The predicted octanol–water partition coefficient (Wildman–Crippen LogP) is 3.30. The molecule has 116 valence electrons. The Morgan fingerprint density at radius 3 is 3.00 bits per heavy atom. The number of nitrogens with one attached hydrogen (secondary N) is 1. The van der Waals surface area contributed by atoms with Crippen LogP contribution >= 0.6 is 0 Å². The summed E-state index contributed by atoms with van der Waals surface area (Å²) in [5.74, 6) is 0.203. The van der Waals surface area contributed by atoms with Gasteiger partial charge in [-0.3, -0.25) is 0 Å². The summed E-state index contributed by atoms with van der Waals surface area (Å²) in [6.45, 7) is 11.6. The van der Waals surface area contributed by atoms with E-state index in [1.807, 2.05) is 38.3 Å². The Labute approximate surface area is 131 Å². The highest BCUT2D eigenvalue weighted by Gasteiger charge is 2.32. The van der Waals surface area contributed by atoms with Gasteiger partial charge in [-0.25, -0.2) is 4.98 Å². The van der Waals surface area contributed by atoms with Gasteiger partial charge in [0.15, 0.2) is 18.2 Å². The number of aromatic hydroxyl groups is 1. The number of aromatic nitrogens is 1. The SMILES string of the molecule is C=C/C=C(C=C)/C=C/C(C)OC1OCc2c[nH+]c(C)c(O)c21. The molecule has 0 amide bonds. The minimum absolute atomic E-state index is 0.173. The minimum atomic E-state index is -0.557. The van der Waals surface area contributed by atoms with E-state index in [1.165, 1.54) is 0 Å². The number of rotatable bonds is 6. The maximum atomic E-state index is 10.2. The van der Waals surface area contributed by atoms with Crippen LogP contribution in [0.3, 0.4) is 0 Å². The first-order valence-electron chi connectivity index (χ1n) is 7.20. The monoisotopic (exact) mass is 300 g/mol. The average Bonchev–Trinajstić information content (AvgIpc) is 2.91. The van der Waals surface area contributed by atoms with Crippen LogP contribution in [0.15, 0.2) is 55.3 Å². The standard InChI is InChI=1S/C18H21NO3/c1-5-7-14(6-2)9-8-12(3)22-18-16-15(11-21-18)10-19-13(4)17(16)20/h5-10,12,18,20H,1-2,11H2,3-4H3/p+1/b9-8+,14-7+. The topological polar surface area (TPSA) is 52.8 Å². The molecule has 2 unspecified atom stereocenters. The van der Waals surface area contributed by atoms with E-state index >= 15 is 0 Å². The van der Waals surface area contributed by atoms with Crippen molar-refractivity contribution in [3.63, 3.8) is 0 Å². The molecule has 0 saturated carbocycles. The number of hydrogen-bond donors (Lipinski definition) is 1. The van der Waals surface area contributed by atoms with Gasteiger partial charge < -0.3 is 14.6 Å². The van der Waals surface area contributed by atoms with Gasteiger partial charge in [-0.15, -0.1) is 0 Å². The van der Waals surface area contributed by atoms with Gasteiger partial charge in [0.05, 0.1) is 23.8 Å². The average molecular weight is 300 g/mol. The number of allylic oxidation sites excluding steroid dienone is 5. The molecule has 0 aliphatic carbocycles. The van der Waals surface area contributed by atoms with Crippen molar-refractivity contribution in [2.75, 3.05) is 0 Å². The molecule has 0 radical (unpaired) electrons. The lowest BCUT2D eigenvalue weighted by atomic mass is 10.1. The molecule has 2 N–H and O–H groups in total. The molecule has 2 heterocycles. The molecule has 0 bridgehead atoms. The minimum Gasteiger partial charge on any atom is -0.502 e. The van der Waals surface area contributed by atoms with Crippen LogP contribution in [0.5, 0.6) is 5.75 Å². The van der Waals surface area contributed by atoms with Crippen molar-refractivity contribution in [2.45, 2.75) is 32.8 Å². The van der Waals surface area contributed by atoms with Crippen molar-refractivity contribution in [1.29, 1.82) is 0 Å². The van der Waals surface area contributed by atoms with E-state index < -0.39 is 6.29 Å². The molecule has 0 saturated heterocycles. The third kappa shape index (κ3) is 3.53. The molecule has 2 atom stereocenters. The molecule has 0 fully saturated rings. The second-order valence-corrected chi connectivity index (χ2v) is 5.15. The summed E-state index contributed by atoms with van der Waals surface area (Å²) in [7, 11) is 0. The lowest BCUT2D eigenvalue weighted by Gasteiger charge is -2.16. The van der Waals surface area contributed by atoms with Gasteiger partial charge >= 0.3 is 0 Å². The van der Waals surface area contributed by atoms with Crippen LogP contribution in [0.2, 0.25) is 0 Å². The summed E-state index contributed by atoms with van der Waals surface area (Å²) in [5, 5.41) is 10.2. The van der Waals surface area contributed by atoms with Gasteiger partial charge in [0, 0.05) is 6.92 Å². The van der Waals surface area contributed by atoms with Crippen LogP contribution in [0.4, 0.5) is 0 Å². The Morgan fingerprint density at radius 1 is 1.55 bits per heavy atom. The predicted molar refractivity (Wildman–Crippen MR) is 85.1 cm³/mol. The first-order valence-corrected chi connectivity index (χ1v) is 7.20. The van der Waals surface area contributed by atoms with Crippen molar-refractivity contribution in [3.05, 3.63) is 72.1 Å². The molecule has 1 aromatic rings. The van der Waals surface area contributed by atoms with Gasteiger partial charge in [0.25, 0.3) is 0 Å². The number of ether oxygens (including phenoxy) is 2. The number of H-pyrrole nitrogens is 1. The molecule has 1 aromatic heterocycles. The maximum Gasteiger partial charge on any atom is 0.219 e. The summed E-state index contributed by atoms with van der Waals surface area (Å²) >= 11 is 0. The van der Waals surface area contributed by atoms with Crippen LogP contribution in [0, 0.1) is 6.92 Å². The van der Waals surface area contributed by atoms with Crippen molar-refractivity contribution in [1.82, 2.24) is 0 Å². The smallest absolute Gasteiger partial charge is 0.219 e. The van der Waals surface area contributed by atoms with Crippen LogP contribution in [-0.4, -0.2) is 11.2 Å². The molecule has 4 heteroatoms. The molecule has 2 rings (SSSR count). The van der Waals surface area contributed by atoms with Crippen LogP contribution in [0.25, 0.3) is 0 Å². The Kier molecular flexibility index (Phi) is 5.31. The molecular weight excluding hydrogens is 278 g/mol. The summed E-state index contributed by atoms with van der Waals surface area (Å²) in [5.41, 5.74) is 3.28. The highest BCUT2D eigenvalue weighted by atomic mass is 16.7. The molecule has 1 aliphatic heterocycles. The van der Waals surface area contributed by atoms with E-state index in [-0.39, 0.29) is 11.9 Å². The highest BCUT2D eigenvalue weighted by molar-refractivity contribution is 5.40. The quantitative estimate of drug-likeness (QED) is 0.820. The van der Waals surface area contributed by atoms with Gasteiger partial charge in [-0.05, 0) is 12.5 Å². The van der Waals surface area contributed by atoms with E-state index in [1.54, 1.807) is 12.2 Å². The van der Waals surface area contributed by atoms with Crippen LogP contribution in [-0.2, 0) is 16.1 Å². The zero-order valence-electron chi connectivity index (χ0n) is 13.0. The van der Waals surface area contributed by atoms with Crippen molar-refractivity contribution >= 4 is 0 Å². The number of hydrogen-bond acceptors (Lipinski definition) is 3. The molecule has 1 aliphatic rings. The number of pyridine rings is 1. The third-order valence-corrected chi connectivity index (χ3v) is 3.49. The fourth-order valence-corrected chi connectivity index (χ4v) is 2.25. The third-order valence-electron chi connectivity index (χ3n) is 3.49. The Morgan fingerprint density at radius 2 is 2.32 bits per heavy atom.